The number of nitrogens with zero attached hydrogens (tertiary/aromatic N) is 2. The van der Waals surface area contributed by atoms with Crippen LogP contribution in [-0.2, 0) is 6.54 Å². The number of rotatable bonds is 2. The minimum atomic E-state index is 0.698. The maximum atomic E-state index is 5.62. The van der Waals surface area contributed by atoms with Crippen molar-refractivity contribution >= 4 is 16.5 Å². The fraction of sp³-hybridized carbons (Fsp3) is 0.700. The van der Waals surface area contributed by atoms with Crippen molar-refractivity contribution in [1.29, 1.82) is 0 Å². The molecule has 0 amide bonds. The summed E-state index contributed by atoms with van der Waals surface area (Å²) >= 11 is 1.63. The van der Waals surface area contributed by atoms with Crippen LogP contribution in [0, 0.1) is 5.92 Å². The highest BCUT2D eigenvalue weighted by Crippen LogP contribution is 2.43. The molecule has 76 valence electrons. The van der Waals surface area contributed by atoms with Gasteiger partial charge >= 0.3 is 0 Å². The second-order valence-electron chi connectivity index (χ2n) is 4.34. The first-order chi connectivity index (χ1) is 6.83. The molecule has 1 aromatic rings. The SMILES string of the molecule is Nc1ncc(CN2CCCC3CC32)s1. The van der Waals surface area contributed by atoms with Crippen molar-refractivity contribution < 1.29 is 0 Å². The first kappa shape index (κ1) is 8.68. The van der Waals surface area contributed by atoms with Crippen molar-refractivity contribution in [2.45, 2.75) is 31.8 Å². The van der Waals surface area contributed by atoms with Crippen molar-refractivity contribution in [1.82, 2.24) is 9.88 Å². The molecule has 3 rings (SSSR count). The molecule has 0 bridgehead atoms. The Balaban J connectivity index is 1.66. The van der Waals surface area contributed by atoms with Crippen LogP contribution >= 0.6 is 11.3 Å². The van der Waals surface area contributed by atoms with Crippen molar-refractivity contribution in [2.24, 2.45) is 5.92 Å². The molecule has 2 N–H and O–H groups in total. The zero-order valence-electron chi connectivity index (χ0n) is 8.15. The van der Waals surface area contributed by atoms with Gasteiger partial charge in [-0.25, -0.2) is 4.98 Å². The Bertz CT molecular complexity index is 336. The maximum absolute atomic E-state index is 5.62. The van der Waals surface area contributed by atoms with Crippen LogP contribution < -0.4 is 5.73 Å². The van der Waals surface area contributed by atoms with E-state index >= 15 is 0 Å². The van der Waals surface area contributed by atoms with E-state index < -0.39 is 0 Å². The number of thiazole rings is 1. The summed E-state index contributed by atoms with van der Waals surface area (Å²) in [5.41, 5.74) is 5.62. The third kappa shape index (κ3) is 1.53. The molecule has 1 saturated heterocycles. The van der Waals surface area contributed by atoms with Gasteiger partial charge in [-0.3, -0.25) is 4.90 Å². The monoisotopic (exact) mass is 209 g/mol. The van der Waals surface area contributed by atoms with E-state index in [-0.39, 0.29) is 0 Å². The summed E-state index contributed by atoms with van der Waals surface area (Å²) in [7, 11) is 0. The molecule has 0 aromatic carbocycles. The van der Waals surface area contributed by atoms with E-state index in [4.69, 9.17) is 5.73 Å². The van der Waals surface area contributed by atoms with Gasteiger partial charge in [0.1, 0.15) is 0 Å². The van der Waals surface area contributed by atoms with Gasteiger partial charge in [-0.15, -0.1) is 11.3 Å². The van der Waals surface area contributed by atoms with Crippen molar-refractivity contribution in [3.63, 3.8) is 0 Å². The van der Waals surface area contributed by atoms with Crippen LogP contribution in [0.5, 0.6) is 0 Å². The van der Waals surface area contributed by atoms with Gasteiger partial charge in [0.25, 0.3) is 0 Å². The molecular formula is C10H15N3S. The molecule has 2 heterocycles. The Kier molecular flexibility index (Phi) is 1.99. The number of anilines is 1. The topological polar surface area (TPSA) is 42.1 Å². The highest BCUT2D eigenvalue weighted by atomic mass is 32.1. The average molecular weight is 209 g/mol. The van der Waals surface area contributed by atoms with Crippen LogP contribution in [0.2, 0.25) is 0 Å². The smallest absolute Gasteiger partial charge is 0.180 e. The van der Waals surface area contributed by atoms with Crippen molar-refractivity contribution in [2.75, 3.05) is 12.3 Å². The lowest BCUT2D eigenvalue weighted by atomic mass is 10.1. The molecule has 2 unspecified atom stereocenters. The van der Waals surface area contributed by atoms with Crippen LogP contribution in [0.4, 0.5) is 5.13 Å². The van der Waals surface area contributed by atoms with Gasteiger partial charge in [-0.1, -0.05) is 0 Å². The molecule has 1 aromatic heterocycles. The highest BCUT2D eigenvalue weighted by Gasteiger charge is 2.43. The first-order valence-corrected chi connectivity index (χ1v) is 6.09. The van der Waals surface area contributed by atoms with E-state index in [1.54, 1.807) is 11.3 Å². The summed E-state index contributed by atoms with van der Waals surface area (Å²) in [6.45, 7) is 2.33. The van der Waals surface area contributed by atoms with Gasteiger partial charge < -0.3 is 5.73 Å². The predicted octanol–water partition coefficient (Wildman–Crippen LogP) is 1.71. The van der Waals surface area contributed by atoms with Gasteiger partial charge in [0.05, 0.1) is 0 Å². The maximum Gasteiger partial charge on any atom is 0.180 e. The van der Waals surface area contributed by atoms with Crippen LogP contribution in [0.1, 0.15) is 24.1 Å². The Hall–Kier alpha value is -0.610. The molecule has 4 heteroatoms. The molecule has 0 spiro atoms. The molecule has 2 fully saturated rings. The largest absolute Gasteiger partial charge is 0.375 e. The Morgan fingerprint density at radius 1 is 1.64 bits per heavy atom. The van der Waals surface area contributed by atoms with E-state index in [0.717, 1.165) is 18.5 Å². The van der Waals surface area contributed by atoms with Gasteiger partial charge in [0.15, 0.2) is 5.13 Å². The van der Waals surface area contributed by atoms with Crippen LogP contribution in [0.25, 0.3) is 0 Å². The fourth-order valence-electron chi connectivity index (χ4n) is 2.50. The van der Waals surface area contributed by atoms with Crippen LogP contribution in [0.3, 0.4) is 0 Å². The number of likely N-dealkylation sites (tertiary alicyclic amines) is 1. The number of fused-ring (bicyclic) bond motifs is 1. The number of hydrogen-bond donors (Lipinski definition) is 1. The minimum Gasteiger partial charge on any atom is -0.375 e. The van der Waals surface area contributed by atoms with E-state index in [1.165, 1.54) is 30.7 Å². The van der Waals surface area contributed by atoms with E-state index in [9.17, 15) is 0 Å². The fourth-order valence-corrected chi connectivity index (χ4v) is 3.21. The summed E-state index contributed by atoms with van der Waals surface area (Å²) in [6, 6.07) is 0.882. The van der Waals surface area contributed by atoms with E-state index in [0.29, 0.717) is 5.13 Å². The second-order valence-corrected chi connectivity index (χ2v) is 5.49. The van der Waals surface area contributed by atoms with Gasteiger partial charge in [-0.2, -0.15) is 0 Å². The summed E-state index contributed by atoms with van der Waals surface area (Å²) < 4.78 is 0. The molecule has 1 aliphatic carbocycles. The van der Waals surface area contributed by atoms with Gasteiger partial charge in [0.2, 0.25) is 0 Å². The number of nitrogen functional groups attached to an aromatic ring is 1. The quantitative estimate of drug-likeness (QED) is 0.806. The van der Waals surface area contributed by atoms with Crippen LogP contribution in [-0.4, -0.2) is 22.5 Å². The Morgan fingerprint density at radius 3 is 3.36 bits per heavy atom. The summed E-state index contributed by atoms with van der Waals surface area (Å²) in [5, 5.41) is 0.698. The van der Waals surface area contributed by atoms with Crippen LogP contribution in [0.15, 0.2) is 6.20 Å². The summed E-state index contributed by atoms with van der Waals surface area (Å²) in [6.07, 6.45) is 6.17. The predicted molar refractivity (Wildman–Crippen MR) is 58.1 cm³/mol. The first-order valence-electron chi connectivity index (χ1n) is 5.27. The number of hydrogen-bond acceptors (Lipinski definition) is 4. The lowest BCUT2D eigenvalue weighted by molar-refractivity contribution is 0.209. The molecule has 1 aliphatic heterocycles. The molecule has 2 aliphatic rings. The zero-order valence-corrected chi connectivity index (χ0v) is 8.96. The molecule has 2 atom stereocenters. The second kappa shape index (κ2) is 3.21. The lowest BCUT2D eigenvalue weighted by Crippen LogP contribution is -2.30. The molecule has 14 heavy (non-hydrogen) atoms. The summed E-state index contributed by atoms with van der Waals surface area (Å²) in [5.74, 6) is 1.01. The Labute approximate surface area is 87.9 Å². The zero-order chi connectivity index (χ0) is 9.54. The third-order valence-electron chi connectivity index (χ3n) is 3.30. The molecule has 1 saturated carbocycles. The van der Waals surface area contributed by atoms with Crippen molar-refractivity contribution in [3.05, 3.63) is 11.1 Å². The van der Waals surface area contributed by atoms with Gasteiger partial charge in [-0.05, 0) is 31.7 Å². The minimum absolute atomic E-state index is 0.698. The Morgan fingerprint density at radius 2 is 2.57 bits per heavy atom. The van der Waals surface area contributed by atoms with E-state index in [2.05, 4.69) is 9.88 Å². The molecule has 3 nitrogen and oxygen atoms in total. The standard InChI is InChI=1S/C10H15N3S/c11-10-12-5-8(14-10)6-13-3-1-2-7-4-9(7)13/h5,7,9H,1-4,6H2,(H2,11,12). The molecular weight excluding hydrogens is 194 g/mol. The van der Waals surface area contributed by atoms with E-state index in [1.807, 2.05) is 6.20 Å². The highest BCUT2D eigenvalue weighted by molar-refractivity contribution is 7.15. The lowest BCUT2D eigenvalue weighted by Gasteiger charge is -2.25. The van der Waals surface area contributed by atoms with Crippen molar-refractivity contribution in [3.8, 4) is 0 Å². The summed E-state index contributed by atoms with van der Waals surface area (Å²) in [4.78, 5) is 8.00. The average Bonchev–Trinajstić information content (AvgIpc) is 2.86. The number of aromatic nitrogens is 1. The third-order valence-corrected chi connectivity index (χ3v) is 4.12. The normalized spacial score (nSPS) is 31.4. The number of piperidine rings is 1. The molecule has 0 radical (unpaired) electrons. The number of nitrogens with two attached hydrogens (primary N) is 1. The van der Waals surface area contributed by atoms with Gasteiger partial charge in [0, 0.05) is 23.7 Å².